The zero-order chi connectivity index (χ0) is 15.7. The third kappa shape index (κ3) is 2.86. The topological polar surface area (TPSA) is 72.2 Å². The minimum absolute atomic E-state index is 0.0658. The molecule has 0 unspecified atom stereocenters. The fraction of sp³-hybridized carbons (Fsp3) is 0.778. The van der Waals surface area contributed by atoms with E-state index in [2.05, 4.69) is 11.2 Å². The first-order valence-corrected chi connectivity index (χ1v) is 8.56. The number of hydrogen-bond acceptors (Lipinski definition) is 2. The maximum Gasteiger partial charge on any atom is 0.240 e. The lowest BCUT2D eigenvalue weighted by atomic mass is 9.49. The van der Waals surface area contributed by atoms with Gasteiger partial charge in [-0.05, 0) is 69.1 Å². The number of terminal acetylenes is 1. The van der Waals surface area contributed by atoms with Gasteiger partial charge in [-0.3, -0.25) is 9.59 Å². The minimum Gasteiger partial charge on any atom is -0.368 e. The molecule has 4 aliphatic rings. The van der Waals surface area contributed by atoms with Crippen LogP contribution in [-0.2, 0) is 9.59 Å². The molecule has 0 aromatic heterocycles. The molecule has 4 aliphatic carbocycles. The Morgan fingerprint density at radius 2 is 1.73 bits per heavy atom. The molecular weight excluding hydrogens is 276 g/mol. The van der Waals surface area contributed by atoms with Crippen LogP contribution in [-0.4, -0.2) is 17.9 Å². The maximum atomic E-state index is 12.9. The van der Waals surface area contributed by atoms with Crippen molar-refractivity contribution >= 4 is 11.8 Å². The molecule has 4 nitrogen and oxygen atoms in total. The van der Waals surface area contributed by atoms with Crippen LogP contribution in [0.5, 0.6) is 0 Å². The van der Waals surface area contributed by atoms with E-state index in [-0.39, 0.29) is 11.3 Å². The Kier molecular flexibility index (Phi) is 4.16. The molecule has 3 N–H and O–H groups in total. The molecular formula is C18H26N2O2. The third-order valence-electron chi connectivity index (χ3n) is 5.98. The number of rotatable bonds is 6. The highest BCUT2D eigenvalue weighted by atomic mass is 16.2. The van der Waals surface area contributed by atoms with Crippen molar-refractivity contribution < 1.29 is 9.59 Å². The highest BCUT2D eigenvalue weighted by Gasteiger charge is 2.54. The van der Waals surface area contributed by atoms with Crippen LogP contribution in [0.25, 0.3) is 0 Å². The van der Waals surface area contributed by atoms with E-state index in [9.17, 15) is 9.59 Å². The number of nitrogens with one attached hydrogen (secondary N) is 1. The van der Waals surface area contributed by atoms with E-state index in [4.69, 9.17) is 12.2 Å². The van der Waals surface area contributed by atoms with Crippen LogP contribution < -0.4 is 11.1 Å². The van der Waals surface area contributed by atoms with Gasteiger partial charge in [-0.15, -0.1) is 12.3 Å². The number of primary amides is 1. The molecule has 0 radical (unpaired) electrons. The van der Waals surface area contributed by atoms with Gasteiger partial charge in [0.05, 0.1) is 0 Å². The largest absolute Gasteiger partial charge is 0.368 e. The van der Waals surface area contributed by atoms with Crippen LogP contribution in [0.3, 0.4) is 0 Å². The summed E-state index contributed by atoms with van der Waals surface area (Å²) in [5.74, 6) is 4.32. The molecule has 0 aromatic rings. The molecule has 0 saturated heterocycles. The molecule has 2 amide bonds. The molecule has 120 valence electrons. The Bertz CT molecular complexity index is 470. The minimum atomic E-state index is -0.575. The monoisotopic (exact) mass is 302 g/mol. The fourth-order valence-electron chi connectivity index (χ4n) is 5.39. The molecule has 0 spiro atoms. The van der Waals surface area contributed by atoms with Crippen molar-refractivity contribution in [3.8, 4) is 12.3 Å². The Labute approximate surface area is 132 Å². The van der Waals surface area contributed by atoms with Gasteiger partial charge in [-0.2, -0.15) is 0 Å². The first kappa shape index (κ1) is 15.4. The van der Waals surface area contributed by atoms with Gasteiger partial charge >= 0.3 is 0 Å². The summed E-state index contributed by atoms with van der Waals surface area (Å²) in [7, 11) is 0. The summed E-state index contributed by atoms with van der Waals surface area (Å²) < 4.78 is 0. The van der Waals surface area contributed by atoms with Crippen molar-refractivity contribution in [2.45, 2.75) is 63.8 Å². The lowest BCUT2D eigenvalue weighted by Crippen LogP contribution is -2.56. The smallest absolute Gasteiger partial charge is 0.240 e. The van der Waals surface area contributed by atoms with Crippen molar-refractivity contribution in [1.82, 2.24) is 5.32 Å². The van der Waals surface area contributed by atoms with E-state index in [1.807, 2.05) is 0 Å². The first-order valence-electron chi connectivity index (χ1n) is 8.56. The molecule has 0 heterocycles. The lowest BCUT2D eigenvalue weighted by Gasteiger charge is -2.55. The average Bonchev–Trinajstić information content (AvgIpc) is 2.44. The van der Waals surface area contributed by atoms with Crippen LogP contribution in [0.1, 0.15) is 57.8 Å². The molecule has 4 heteroatoms. The van der Waals surface area contributed by atoms with Crippen molar-refractivity contribution in [2.24, 2.45) is 28.9 Å². The molecule has 0 aromatic carbocycles. The Balaban J connectivity index is 1.65. The quantitative estimate of drug-likeness (QED) is 0.581. The molecule has 4 rings (SSSR count). The lowest BCUT2D eigenvalue weighted by molar-refractivity contribution is -0.148. The van der Waals surface area contributed by atoms with E-state index in [0.29, 0.717) is 37.0 Å². The second kappa shape index (κ2) is 5.95. The first-order chi connectivity index (χ1) is 10.5. The normalized spacial score (nSPS) is 36.6. The zero-order valence-corrected chi connectivity index (χ0v) is 13.1. The summed E-state index contributed by atoms with van der Waals surface area (Å²) in [5.41, 5.74) is 5.23. The number of carbonyl (C=O) groups excluding carboxylic acids is 2. The summed E-state index contributed by atoms with van der Waals surface area (Å²) in [6.45, 7) is 0. The van der Waals surface area contributed by atoms with Gasteiger partial charge in [0, 0.05) is 11.8 Å². The number of unbranched alkanes of at least 4 members (excludes halogenated alkanes) is 1. The van der Waals surface area contributed by atoms with Gasteiger partial charge in [-0.25, -0.2) is 0 Å². The van der Waals surface area contributed by atoms with Gasteiger partial charge in [0.15, 0.2) is 0 Å². The summed E-state index contributed by atoms with van der Waals surface area (Å²) >= 11 is 0. The Morgan fingerprint density at radius 3 is 2.18 bits per heavy atom. The third-order valence-corrected chi connectivity index (χ3v) is 5.98. The standard InChI is InChI=1S/C18H26N2O2/c1-2-3-4-5-15(16(19)21)20-17(22)18-9-12-6-13(10-18)8-14(7-12)11-18/h1,12-15H,3-11H2,(H2,19,21)(H,20,22)/t12?,13?,14?,15-,18?/m1/s1. The van der Waals surface area contributed by atoms with Gasteiger partial charge < -0.3 is 11.1 Å². The van der Waals surface area contributed by atoms with Crippen LogP contribution in [0.2, 0.25) is 0 Å². The highest BCUT2D eigenvalue weighted by Crippen LogP contribution is 2.60. The van der Waals surface area contributed by atoms with E-state index in [1.165, 1.54) is 19.3 Å². The van der Waals surface area contributed by atoms with E-state index < -0.39 is 11.9 Å². The number of carbonyl (C=O) groups is 2. The van der Waals surface area contributed by atoms with E-state index >= 15 is 0 Å². The predicted octanol–water partition coefficient (Wildman–Crippen LogP) is 1.98. The number of hydrogen-bond donors (Lipinski definition) is 2. The zero-order valence-electron chi connectivity index (χ0n) is 13.1. The maximum absolute atomic E-state index is 12.9. The molecule has 4 saturated carbocycles. The van der Waals surface area contributed by atoms with Crippen molar-refractivity contribution in [3.05, 3.63) is 0 Å². The summed E-state index contributed by atoms with van der Waals surface area (Å²) in [5, 5.41) is 2.95. The molecule has 22 heavy (non-hydrogen) atoms. The summed E-state index contributed by atoms with van der Waals surface area (Å²) in [6, 6.07) is -0.575. The summed E-state index contributed by atoms with van der Waals surface area (Å²) in [4.78, 5) is 24.5. The number of nitrogens with two attached hydrogens (primary N) is 1. The fourth-order valence-corrected chi connectivity index (χ4v) is 5.39. The van der Waals surface area contributed by atoms with Gasteiger partial charge in [0.2, 0.25) is 11.8 Å². The van der Waals surface area contributed by atoms with E-state index in [1.54, 1.807) is 0 Å². The second-order valence-electron chi connectivity index (χ2n) is 7.72. The van der Waals surface area contributed by atoms with Gasteiger partial charge in [0.1, 0.15) is 6.04 Å². The highest BCUT2D eigenvalue weighted by molar-refractivity contribution is 5.89. The van der Waals surface area contributed by atoms with Gasteiger partial charge in [-0.1, -0.05) is 0 Å². The van der Waals surface area contributed by atoms with Crippen LogP contribution in [0.15, 0.2) is 0 Å². The van der Waals surface area contributed by atoms with Gasteiger partial charge in [0.25, 0.3) is 0 Å². The Morgan fingerprint density at radius 1 is 1.18 bits per heavy atom. The molecule has 0 aliphatic heterocycles. The molecule has 4 fully saturated rings. The summed E-state index contributed by atoms with van der Waals surface area (Å²) in [6.07, 6.45) is 14.0. The Hall–Kier alpha value is -1.50. The predicted molar refractivity (Wildman–Crippen MR) is 84.4 cm³/mol. The molecule has 1 atom stereocenters. The SMILES string of the molecule is C#CCCC[C@@H](NC(=O)C12CC3CC(CC(C3)C1)C2)C(N)=O. The van der Waals surface area contributed by atoms with E-state index in [0.717, 1.165) is 19.3 Å². The number of amides is 2. The van der Waals surface area contributed by atoms with Crippen molar-refractivity contribution in [3.63, 3.8) is 0 Å². The van der Waals surface area contributed by atoms with Crippen molar-refractivity contribution in [2.75, 3.05) is 0 Å². The van der Waals surface area contributed by atoms with Crippen LogP contribution >= 0.6 is 0 Å². The van der Waals surface area contributed by atoms with Crippen LogP contribution in [0, 0.1) is 35.5 Å². The van der Waals surface area contributed by atoms with Crippen molar-refractivity contribution in [1.29, 1.82) is 0 Å². The molecule has 4 bridgehead atoms. The second-order valence-corrected chi connectivity index (χ2v) is 7.72. The average molecular weight is 302 g/mol. The van der Waals surface area contributed by atoms with Crippen LogP contribution in [0.4, 0.5) is 0 Å².